The number of nitrogens with zero attached hydrogens (tertiary/aromatic N) is 1. The number of hydrogen-bond acceptors (Lipinski definition) is 2. The van der Waals surface area contributed by atoms with Crippen LogP contribution in [-0.2, 0) is 0 Å². The van der Waals surface area contributed by atoms with Crippen LogP contribution in [0.3, 0.4) is 0 Å². The second kappa shape index (κ2) is 5.28. The molecule has 1 aromatic rings. The van der Waals surface area contributed by atoms with E-state index in [-0.39, 0.29) is 0 Å². The van der Waals surface area contributed by atoms with E-state index in [0.29, 0.717) is 15.9 Å². The van der Waals surface area contributed by atoms with E-state index in [1.54, 1.807) is 6.07 Å². The van der Waals surface area contributed by atoms with Crippen molar-refractivity contribution in [1.29, 1.82) is 0 Å². The molecule has 0 aromatic carbocycles. The third kappa shape index (κ3) is 2.75. The molecule has 92 valence electrons. The third-order valence-electron chi connectivity index (χ3n) is 3.14. The molecular weight excluding hydrogens is 255 g/mol. The molecule has 1 N–H and O–H groups in total. The zero-order valence-electron chi connectivity index (χ0n) is 10.1. The number of allylic oxidation sites excluding steroid dienone is 2. The predicted molar refractivity (Wildman–Crippen MR) is 74.8 cm³/mol. The van der Waals surface area contributed by atoms with Crippen molar-refractivity contribution in [2.24, 2.45) is 5.92 Å². The molecule has 0 saturated carbocycles. The molecule has 1 unspecified atom stereocenters. The summed E-state index contributed by atoms with van der Waals surface area (Å²) in [5, 5.41) is 4.18. The second-order valence-corrected chi connectivity index (χ2v) is 5.32. The van der Waals surface area contributed by atoms with Crippen molar-refractivity contribution >= 4 is 34.6 Å². The summed E-state index contributed by atoms with van der Waals surface area (Å²) in [5.74, 6) is 1.44. The number of rotatable bonds is 2. The zero-order chi connectivity index (χ0) is 12.4. The summed E-state index contributed by atoms with van der Waals surface area (Å²) in [6.45, 7) is 2.27. The minimum Gasteiger partial charge on any atom is -0.372 e. The SMILES string of the molecule is CNc1nc(C2=CCC(C)CC2)c(Cl)cc1Cl. The van der Waals surface area contributed by atoms with Crippen LogP contribution in [0.1, 0.15) is 31.9 Å². The normalized spacial score (nSPS) is 20.0. The van der Waals surface area contributed by atoms with Crippen molar-refractivity contribution < 1.29 is 0 Å². The van der Waals surface area contributed by atoms with Crippen molar-refractivity contribution in [3.63, 3.8) is 0 Å². The van der Waals surface area contributed by atoms with Crippen LogP contribution in [0, 0.1) is 5.92 Å². The van der Waals surface area contributed by atoms with Crippen molar-refractivity contribution in [3.05, 3.63) is 27.9 Å². The Labute approximate surface area is 112 Å². The Balaban J connectivity index is 2.38. The van der Waals surface area contributed by atoms with E-state index in [1.165, 1.54) is 12.0 Å². The average Bonchev–Trinajstić information content (AvgIpc) is 2.31. The first kappa shape index (κ1) is 12.7. The van der Waals surface area contributed by atoms with E-state index in [2.05, 4.69) is 23.3 Å². The van der Waals surface area contributed by atoms with Crippen LogP contribution in [0.15, 0.2) is 12.1 Å². The lowest BCUT2D eigenvalue weighted by Crippen LogP contribution is -2.04. The van der Waals surface area contributed by atoms with Crippen LogP contribution in [0.4, 0.5) is 5.82 Å². The Morgan fingerprint density at radius 3 is 2.71 bits per heavy atom. The number of nitrogens with one attached hydrogen (secondary N) is 1. The highest BCUT2D eigenvalue weighted by molar-refractivity contribution is 6.36. The topological polar surface area (TPSA) is 24.9 Å². The van der Waals surface area contributed by atoms with Crippen molar-refractivity contribution in [2.75, 3.05) is 12.4 Å². The van der Waals surface area contributed by atoms with E-state index in [0.717, 1.165) is 24.5 Å². The first-order valence-corrected chi connectivity index (χ1v) is 6.60. The summed E-state index contributed by atoms with van der Waals surface area (Å²) in [4.78, 5) is 4.50. The molecule has 0 amide bonds. The number of halogens is 2. The van der Waals surface area contributed by atoms with Gasteiger partial charge in [-0.1, -0.05) is 36.2 Å². The molecule has 2 nitrogen and oxygen atoms in total. The highest BCUT2D eigenvalue weighted by atomic mass is 35.5. The number of aromatic nitrogens is 1. The molecule has 0 radical (unpaired) electrons. The molecule has 17 heavy (non-hydrogen) atoms. The van der Waals surface area contributed by atoms with Gasteiger partial charge in [0, 0.05) is 7.05 Å². The molecule has 1 aliphatic carbocycles. The summed E-state index contributed by atoms with van der Waals surface area (Å²) in [7, 11) is 1.81. The molecule has 1 atom stereocenters. The Kier molecular flexibility index (Phi) is 3.95. The number of hydrogen-bond donors (Lipinski definition) is 1. The summed E-state index contributed by atoms with van der Waals surface area (Å²) >= 11 is 12.2. The van der Waals surface area contributed by atoms with Gasteiger partial charge in [0.1, 0.15) is 5.82 Å². The molecule has 0 bridgehead atoms. The van der Waals surface area contributed by atoms with Crippen LogP contribution in [0.2, 0.25) is 10.0 Å². The van der Waals surface area contributed by atoms with E-state index < -0.39 is 0 Å². The monoisotopic (exact) mass is 270 g/mol. The molecule has 4 heteroatoms. The van der Waals surface area contributed by atoms with Crippen LogP contribution < -0.4 is 5.32 Å². The molecule has 1 aromatic heterocycles. The van der Waals surface area contributed by atoms with Crippen molar-refractivity contribution in [3.8, 4) is 0 Å². The minimum absolute atomic E-state index is 0.561. The summed E-state index contributed by atoms with van der Waals surface area (Å²) in [6, 6.07) is 1.76. The standard InChI is InChI=1S/C13H16Cl2N2/c1-8-3-5-9(6-4-8)12-10(14)7-11(15)13(16-2)17-12/h5,7-8H,3-4,6H2,1-2H3,(H,16,17). The summed E-state index contributed by atoms with van der Waals surface area (Å²) in [6.07, 6.45) is 5.58. The lowest BCUT2D eigenvalue weighted by molar-refractivity contribution is 0.533. The minimum atomic E-state index is 0.561. The smallest absolute Gasteiger partial charge is 0.145 e. The van der Waals surface area contributed by atoms with Crippen LogP contribution in [-0.4, -0.2) is 12.0 Å². The molecule has 0 spiro atoms. The van der Waals surface area contributed by atoms with Crippen LogP contribution >= 0.6 is 23.2 Å². The van der Waals surface area contributed by atoms with E-state index in [4.69, 9.17) is 23.2 Å². The molecule has 0 saturated heterocycles. The fourth-order valence-corrected chi connectivity index (χ4v) is 2.62. The Morgan fingerprint density at radius 2 is 2.12 bits per heavy atom. The Morgan fingerprint density at radius 1 is 1.35 bits per heavy atom. The van der Waals surface area contributed by atoms with Gasteiger partial charge in [0.25, 0.3) is 0 Å². The Bertz CT molecular complexity index is 455. The first-order chi connectivity index (χ1) is 8.11. The molecule has 1 heterocycles. The van der Waals surface area contributed by atoms with Crippen LogP contribution in [0.5, 0.6) is 0 Å². The van der Waals surface area contributed by atoms with E-state index >= 15 is 0 Å². The fraction of sp³-hybridized carbons (Fsp3) is 0.462. The quantitative estimate of drug-likeness (QED) is 0.848. The van der Waals surface area contributed by atoms with Gasteiger partial charge >= 0.3 is 0 Å². The highest BCUT2D eigenvalue weighted by Gasteiger charge is 2.16. The second-order valence-electron chi connectivity index (χ2n) is 4.51. The van der Waals surface area contributed by atoms with Gasteiger partial charge in [-0.15, -0.1) is 0 Å². The Hall–Kier alpha value is -0.730. The van der Waals surface area contributed by atoms with Gasteiger partial charge in [-0.05, 0) is 36.8 Å². The summed E-state index contributed by atoms with van der Waals surface area (Å²) in [5.41, 5.74) is 2.11. The van der Waals surface area contributed by atoms with E-state index in [1.807, 2.05) is 7.05 Å². The maximum absolute atomic E-state index is 6.21. The largest absolute Gasteiger partial charge is 0.372 e. The maximum atomic E-state index is 6.21. The van der Waals surface area contributed by atoms with Crippen molar-refractivity contribution in [2.45, 2.75) is 26.2 Å². The molecule has 0 aliphatic heterocycles. The van der Waals surface area contributed by atoms with Gasteiger partial charge in [-0.25, -0.2) is 4.98 Å². The van der Waals surface area contributed by atoms with E-state index in [9.17, 15) is 0 Å². The van der Waals surface area contributed by atoms with Gasteiger partial charge in [0.15, 0.2) is 0 Å². The molecular formula is C13H16Cl2N2. The van der Waals surface area contributed by atoms with Gasteiger partial charge < -0.3 is 5.32 Å². The lowest BCUT2D eigenvalue weighted by Gasteiger charge is -2.19. The molecule has 2 rings (SSSR count). The predicted octanol–water partition coefficient (Wildman–Crippen LogP) is 4.63. The first-order valence-electron chi connectivity index (χ1n) is 5.85. The zero-order valence-corrected chi connectivity index (χ0v) is 11.6. The lowest BCUT2D eigenvalue weighted by atomic mass is 9.89. The fourth-order valence-electron chi connectivity index (χ4n) is 2.05. The summed E-state index contributed by atoms with van der Waals surface area (Å²) < 4.78 is 0. The third-order valence-corrected chi connectivity index (χ3v) is 3.72. The highest BCUT2D eigenvalue weighted by Crippen LogP contribution is 2.35. The van der Waals surface area contributed by atoms with Gasteiger partial charge in [0.05, 0.1) is 15.7 Å². The maximum Gasteiger partial charge on any atom is 0.145 e. The number of pyridine rings is 1. The molecule has 0 fully saturated rings. The van der Waals surface area contributed by atoms with Crippen molar-refractivity contribution in [1.82, 2.24) is 4.98 Å². The average molecular weight is 271 g/mol. The molecule has 1 aliphatic rings. The van der Waals surface area contributed by atoms with Gasteiger partial charge in [-0.2, -0.15) is 0 Å². The van der Waals surface area contributed by atoms with Gasteiger partial charge in [-0.3, -0.25) is 0 Å². The number of anilines is 1. The van der Waals surface area contributed by atoms with Gasteiger partial charge in [0.2, 0.25) is 0 Å². The van der Waals surface area contributed by atoms with Crippen LogP contribution in [0.25, 0.3) is 5.57 Å².